The molecule has 3 nitrogen and oxygen atoms in total. The van der Waals surface area contributed by atoms with E-state index < -0.39 is 6.10 Å². The smallest absolute Gasteiger partial charge is 0.0946 e. The van der Waals surface area contributed by atoms with Crippen molar-refractivity contribution >= 4 is 0 Å². The van der Waals surface area contributed by atoms with Crippen LogP contribution in [-0.2, 0) is 11.2 Å². The van der Waals surface area contributed by atoms with Crippen LogP contribution in [0.15, 0.2) is 18.3 Å². The molecule has 0 amide bonds. The van der Waals surface area contributed by atoms with Crippen LogP contribution in [0.5, 0.6) is 0 Å². The molecular weight excluding hydrogens is 250 g/mol. The van der Waals surface area contributed by atoms with Gasteiger partial charge in [-0.3, -0.25) is 4.98 Å². The van der Waals surface area contributed by atoms with Crippen molar-refractivity contribution in [2.75, 3.05) is 6.61 Å². The molecule has 110 valence electrons. The van der Waals surface area contributed by atoms with Crippen LogP contribution in [0.4, 0.5) is 0 Å². The zero-order chi connectivity index (χ0) is 14.0. The van der Waals surface area contributed by atoms with Crippen LogP contribution in [0.3, 0.4) is 0 Å². The highest BCUT2D eigenvalue weighted by Crippen LogP contribution is 2.44. The second kappa shape index (κ2) is 5.82. The van der Waals surface area contributed by atoms with Gasteiger partial charge < -0.3 is 9.84 Å². The van der Waals surface area contributed by atoms with Crippen molar-refractivity contribution in [3.63, 3.8) is 0 Å². The molecule has 1 aromatic heterocycles. The Bertz CT molecular complexity index is 449. The maximum atomic E-state index is 11.0. The lowest BCUT2D eigenvalue weighted by atomic mass is 9.75. The Morgan fingerprint density at radius 3 is 2.95 bits per heavy atom. The highest BCUT2D eigenvalue weighted by molar-refractivity contribution is 5.30. The molecule has 0 spiro atoms. The van der Waals surface area contributed by atoms with Gasteiger partial charge in [0.25, 0.3) is 0 Å². The van der Waals surface area contributed by atoms with Gasteiger partial charge in [-0.05, 0) is 44.2 Å². The van der Waals surface area contributed by atoms with Gasteiger partial charge in [0.05, 0.1) is 11.7 Å². The quantitative estimate of drug-likeness (QED) is 0.917. The predicted molar refractivity (Wildman–Crippen MR) is 78.7 cm³/mol. The Morgan fingerprint density at radius 2 is 2.20 bits per heavy atom. The van der Waals surface area contributed by atoms with Gasteiger partial charge in [0, 0.05) is 24.4 Å². The molecule has 1 fully saturated rings. The van der Waals surface area contributed by atoms with Crippen molar-refractivity contribution in [2.24, 2.45) is 0 Å². The fourth-order valence-corrected chi connectivity index (χ4v) is 4.08. The summed E-state index contributed by atoms with van der Waals surface area (Å²) >= 11 is 0. The normalized spacial score (nSPS) is 26.2. The van der Waals surface area contributed by atoms with Crippen molar-refractivity contribution in [1.29, 1.82) is 0 Å². The second-order valence-electron chi connectivity index (χ2n) is 6.20. The van der Waals surface area contributed by atoms with E-state index in [9.17, 15) is 5.11 Å². The van der Waals surface area contributed by atoms with E-state index in [0.717, 1.165) is 31.4 Å². The molecule has 0 aliphatic heterocycles. The number of nitrogens with zero attached hydrogens (tertiary/aromatic N) is 1. The van der Waals surface area contributed by atoms with Gasteiger partial charge in [-0.15, -0.1) is 0 Å². The lowest BCUT2D eigenvalue weighted by Crippen LogP contribution is -2.49. The molecule has 0 bridgehead atoms. The average Bonchev–Trinajstić information content (AvgIpc) is 2.91. The minimum atomic E-state index is -0.418. The van der Waals surface area contributed by atoms with Crippen molar-refractivity contribution in [3.8, 4) is 0 Å². The fourth-order valence-electron chi connectivity index (χ4n) is 4.08. The summed E-state index contributed by atoms with van der Waals surface area (Å²) in [5.41, 5.74) is 2.07. The summed E-state index contributed by atoms with van der Waals surface area (Å²) in [4.78, 5) is 4.53. The average molecular weight is 275 g/mol. The number of fused-ring (bicyclic) bond motifs is 1. The summed E-state index contributed by atoms with van der Waals surface area (Å²) in [6.45, 7) is 2.71. The van der Waals surface area contributed by atoms with E-state index >= 15 is 0 Å². The molecule has 2 unspecified atom stereocenters. The molecule has 1 aromatic rings. The second-order valence-corrected chi connectivity index (χ2v) is 6.20. The molecule has 1 heterocycles. The van der Waals surface area contributed by atoms with E-state index in [1.54, 1.807) is 0 Å². The molecule has 2 atom stereocenters. The van der Waals surface area contributed by atoms with Gasteiger partial charge in [-0.25, -0.2) is 0 Å². The maximum Gasteiger partial charge on any atom is 0.0946 e. The number of pyridine rings is 1. The first-order valence-electron chi connectivity index (χ1n) is 8.02. The third-order valence-electron chi connectivity index (χ3n) is 5.05. The number of aliphatic hydroxyl groups is 1. The summed E-state index contributed by atoms with van der Waals surface area (Å²) in [6, 6.07) is 4.13. The highest BCUT2D eigenvalue weighted by Gasteiger charge is 2.46. The molecule has 0 saturated heterocycles. The molecule has 20 heavy (non-hydrogen) atoms. The molecular formula is C17H25NO2. The van der Waals surface area contributed by atoms with Crippen molar-refractivity contribution in [2.45, 2.75) is 69.5 Å². The Balaban J connectivity index is 1.85. The zero-order valence-corrected chi connectivity index (χ0v) is 12.3. The number of ether oxygens (including phenoxy) is 1. The topological polar surface area (TPSA) is 42.4 Å². The summed E-state index contributed by atoms with van der Waals surface area (Å²) in [5.74, 6) is 0.149. The third kappa shape index (κ3) is 2.38. The van der Waals surface area contributed by atoms with Crippen LogP contribution in [0.2, 0.25) is 0 Å². The van der Waals surface area contributed by atoms with Crippen LogP contribution in [0.25, 0.3) is 0 Å². The number of hydrogen-bond acceptors (Lipinski definition) is 3. The summed E-state index contributed by atoms with van der Waals surface area (Å²) in [6.07, 6.45) is 9.03. The number of rotatable bonds is 4. The summed E-state index contributed by atoms with van der Waals surface area (Å²) in [5, 5.41) is 11.0. The Morgan fingerprint density at radius 1 is 1.40 bits per heavy atom. The van der Waals surface area contributed by atoms with Crippen LogP contribution < -0.4 is 0 Å². The monoisotopic (exact) mass is 275 g/mol. The Kier molecular flexibility index (Phi) is 4.08. The van der Waals surface area contributed by atoms with E-state index in [2.05, 4.69) is 11.1 Å². The first-order chi connectivity index (χ1) is 9.77. The predicted octanol–water partition coefficient (Wildman–Crippen LogP) is 3.21. The largest absolute Gasteiger partial charge is 0.389 e. The van der Waals surface area contributed by atoms with E-state index in [4.69, 9.17) is 4.74 Å². The number of aryl methyl sites for hydroxylation is 1. The first-order valence-corrected chi connectivity index (χ1v) is 8.02. The minimum absolute atomic E-state index is 0.149. The van der Waals surface area contributed by atoms with Gasteiger partial charge in [-0.2, -0.15) is 0 Å². The zero-order valence-electron chi connectivity index (χ0n) is 12.3. The highest BCUT2D eigenvalue weighted by atomic mass is 16.5. The Hall–Kier alpha value is -0.930. The summed E-state index contributed by atoms with van der Waals surface area (Å²) in [7, 11) is 0. The molecule has 2 aliphatic carbocycles. The number of aliphatic hydroxyl groups excluding tert-OH is 1. The van der Waals surface area contributed by atoms with E-state index in [1.165, 1.54) is 24.8 Å². The minimum Gasteiger partial charge on any atom is -0.389 e. The molecule has 0 aromatic carbocycles. The van der Waals surface area contributed by atoms with E-state index in [0.29, 0.717) is 6.61 Å². The SMILES string of the molecule is CCOC1(C(O)C2CCc3cccnc32)CCCCC1. The Labute approximate surface area is 121 Å². The van der Waals surface area contributed by atoms with Crippen molar-refractivity contribution in [3.05, 3.63) is 29.6 Å². The lowest BCUT2D eigenvalue weighted by Gasteiger charge is -2.43. The molecule has 2 aliphatic rings. The van der Waals surface area contributed by atoms with E-state index in [1.807, 2.05) is 19.2 Å². The molecule has 1 N–H and O–H groups in total. The van der Waals surface area contributed by atoms with Gasteiger partial charge in [-0.1, -0.05) is 25.3 Å². The van der Waals surface area contributed by atoms with Crippen molar-refractivity contribution in [1.82, 2.24) is 4.98 Å². The molecule has 3 heteroatoms. The fraction of sp³-hybridized carbons (Fsp3) is 0.706. The molecule has 3 rings (SSSR count). The van der Waals surface area contributed by atoms with Crippen LogP contribution in [0.1, 0.15) is 62.6 Å². The van der Waals surface area contributed by atoms with Gasteiger partial charge in [0.2, 0.25) is 0 Å². The van der Waals surface area contributed by atoms with Gasteiger partial charge in [0.15, 0.2) is 0 Å². The molecule has 0 radical (unpaired) electrons. The van der Waals surface area contributed by atoms with E-state index in [-0.39, 0.29) is 11.5 Å². The van der Waals surface area contributed by atoms with Crippen LogP contribution >= 0.6 is 0 Å². The summed E-state index contributed by atoms with van der Waals surface area (Å²) < 4.78 is 6.08. The lowest BCUT2D eigenvalue weighted by molar-refractivity contribution is -0.147. The van der Waals surface area contributed by atoms with Crippen molar-refractivity contribution < 1.29 is 9.84 Å². The van der Waals surface area contributed by atoms with Crippen LogP contribution in [0, 0.1) is 0 Å². The first kappa shape index (κ1) is 14.0. The molecule has 1 saturated carbocycles. The van der Waals surface area contributed by atoms with Crippen LogP contribution in [-0.4, -0.2) is 28.4 Å². The standard InChI is InChI=1S/C17H25NO2/c1-2-20-17(10-4-3-5-11-17)16(19)14-9-8-13-7-6-12-18-15(13)14/h6-7,12,14,16,19H,2-5,8-11H2,1H3. The van der Waals surface area contributed by atoms with Gasteiger partial charge in [0.1, 0.15) is 0 Å². The number of aromatic nitrogens is 1. The third-order valence-corrected chi connectivity index (χ3v) is 5.05. The maximum absolute atomic E-state index is 11.0. The number of hydrogen-bond donors (Lipinski definition) is 1. The van der Waals surface area contributed by atoms with Gasteiger partial charge >= 0.3 is 0 Å².